The van der Waals surface area contributed by atoms with Crippen molar-refractivity contribution in [3.05, 3.63) is 51.5 Å². The van der Waals surface area contributed by atoms with Gasteiger partial charge in [-0.1, -0.05) is 18.5 Å². The summed E-state index contributed by atoms with van der Waals surface area (Å²) < 4.78 is 30.8. The summed E-state index contributed by atoms with van der Waals surface area (Å²) in [5.74, 6) is -0.0298. The van der Waals surface area contributed by atoms with Crippen molar-refractivity contribution in [3.63, 3.8) is 0 Å². The molecule has 0 N–H and O–H groups in total. The number of fused-ring (bicyclic) bond motifs is 1. The van der Waals surface area contributed by atoms with Crippen molar-refractivity contribution in [2.45, 2.75) is 39.8 Å². The van der Waals surface area contributed by atoms with E-state index in [2.05, 4.69) is 14.7 Å². The number of halogens is 3. The van der Waals surface area contributed by atoms with Crippen LogP contribution in [0.1, 0.15) is 32.0 Å². The lowest BCUT2D eigenvalue weighted by Gasteiger charge is -2.17. The van der Waals surface area contributed by atoms with Crippen molar-refractivity contribution in [1.82, 2.24) is 14.5 Å². The van der Waals surface area contributed by atoms with Gasteiger partial charge >= 0.3 is 6.61 Å². The maximum absolute atomic E-state index is 12.6. The molecule has 3 rings (SSSR count). The number of rotatable bonds is 5. The third-order valence-corrected chi connectivity index (χ3v) is 4.74. The highest BCUT2D eigenvalue weighted by Gasteiger charge is 2.18. The number of ether oxygens (including phenoxy) is 1. The van der Waals surface area contributed by atoms with E-state index >= 15 is 0 Å². The Hall–Kier alpha value is -2.54. The summed E-state index contributed by atoms with van der Waals surface area (Å²) in [4.78, 5) is 21.4. The SMILES string of the molecule is CC[C@@H](C)n1c(=O)c(C)nc2c(-c3ccc(OC(F)F)cc3Cl)ccnc21. The number of benzene rings is 1. The van der Waals surface area contributed by atoms with Gasteiger partial charge in [-0.25, -0.2) is 9.97 Å². The van der Waals surface area contributed by atoms with Crippen molar-refractivity contribution in [2.75, 3.05) is 0 Å². The van der Waals surface area contributed by atoms with Crippen molar-refractivity contribution in [1.29, 1.82) is 0 Å². The van der Waals surface area contributed by atoms with E-state index < -0.39 is 6.61 Å². The zero-order valence-electron chi connectivity index (χ0n) is 15.0. The minimum atomic E-state index is -2.93. The van der Waals surface area contributed by atoms with Crippen LogP contribution in [0.5, 0.6) is 5.75 Å². The summed E-state index contributed by atoms with van der Waals surface area (Å²) in [7, 11) is 0. The molecule has 0 bridgehead atoms. The lowest BCUT2D eigenvalue weighted by molar-refractivity contribution is -0.0498. The van der Waals surface area contributed by atoms with E-state index in [1.54, 1.807) is 29.8 Å². The predicted molar refractivity (Wildman–Crippen MR) is 101 cm³/mol. The largest absolute Gasteiger partial charge is 0.435 e. The molecule has 0 spiro atoms. The van der Waals surface area contributed by atoms with Crippen molar-refractivity contribution >= 4 is 22.8 Å². The lowest BCUT2D eigenvalue weighted by atomic mass is 10.0. The molecule has 0 aliphatic heterocycles. The monoisotopic (exact) mass is 393 g/mol. The van der Waals surface area contributed by atoms with Gasteiger partial charge in [0.15, 0.2) is 5.65 Å². The van der Waals surface area contributed by atoms with Crippen molar-refractivity contribution in [2.24, 2.45) is 0 Å². The molecule has 0 radical (unpaired) electrons. The van der Waals surface area contributed by atoms with Gasteiger partial charge in [-0.2, -0.15) is 8.78 Å². The van der Waals surface area contributed by atoms with Crippen molar-refractivity contribution < 1.29 is 13.5 Å². The third kappa shape index (κ3) is 3.64. The molecule has 2 aromatic heterocycles. The standard InChI is InChI=1S/C19H18ClF2N3O2/c1-4-10(2)25-17-16(24-11(3)18(25)26)14(7-8-23-17)13-6-5-12(9-15(13)20)27-19(21)22/h5-10,19H,4H2,1-3H3/t10-/m1/s1. The Kier molecular flexibility index (Phi) is 5.41. The van der Waals surface area contributed by atoms with Gasteiger partial charge in [0.1, 0.15) is 17.0 Å². The van der Waals surface area contributed by atoms with Crippen LogP contribution < -0.4 is 10.3 Å². The fourth-order valence-corrected chi connectivity index (χ4v) is 3.19. The van der Waals surface area contributed by atoms with Gasteiger partial charge in [-0.3, -0.25) is 9.36 Å². The molecular weight excluding hydrogens is 376 g/mol. The summed E-state index contributed by atoms with van der Waals surface area (Å²) in [6.45, 7) is 2.65. The molecule has 27 heavy (non-hydrogen) atoms. The average Bonchev–Trinajstić information content (AvgIpc) is 2.62. The Bertz CT molecular complexity index is 1050. The lowest BCUT2D eigenvalue weighted by Crippen LogP contribution is -2.27. The first-order valence-corrected chi connectivity index (χ1v) is 8.83. The quantitative estimate of drug-likeness (QED) is 0.612. The van der Waals surface area contributed by atoms with E-state index in [4.69, 9.17) is 11.6 Å². The molecule has 1 atom stereocenters. The molecule has 1 aromatic carbocycles. The first-order chi connectivity index (χ1) is 12.8. The molecular formula is C19H18ClF2N3O2. The fraction of sp³-hybridized carbons (Fsp3) is 0.316. The first-order valence-electron chi connectivity index (χ1n) is 8.46. The second kappa shape index (κ2) is 7.60. The molecule has 0 saturated carbocycles. The van der Waals surface area contributed by atoms with Gasteiger partial charge in [-0.15, -0.1) is 0 Å². The number of hydrogen-bond donors (Lipinski definition) is 0. The second-order valence-corrected chi connectivity index (χ2v) is 6.59. The molecule has 0 amide bonds. The molecule has 8 heteroatoms. The van der Waals surface area contributed by atoms with E-state index in [1.165, 1.54) is 12.1 Å². The summed E-state index contributed by atoms with van der Waals surface area (Å²) in [5, 5.41) is 0.237. The van der Waals surface area contributed by atoms with Crippen LogP contribution in [-0.4, -0.2) is 21.1 Å². The summed E-state index contributed by atoms with van der Waals surface area (Å²) >= 11 is 6.31. The Morgan fingerprint density at radius 3 is 2.63 bits per heavy atom. The molecule has 3 aromatic rings. The molecule has 2 heterocycles. The van der Waals surface area contributed by atoms with E-state index in [0.29, 0.717) is 28.0 Å². The van der Waals surface area contributed by atoms with Crippen LogP contribution in [0.15, 0.2) is 35.3 Å². The van der Waals surface area contributed by atoms with Crippen LogP contribution >= 0.6 is 11.6 Å². The van der Waals surface area contributed by atoms with Crippen LogP contribution in [0.4, 0.5) is 8.78 Å². The molecule has 0 saturated heterocycles. The molecule has 0 aliphatic rings. The number of nitrogens with zero attached hydrogens (tertiary/aromatic N) is 3. The summed E-state index contributed by atoms with van der Waals surface area (Å²) in [6, 6.07) is 6.01. The van der Waals surface area contributed by atoms with Crippen molar-refractivity contribution in [3.8, 4) is 16.9 Å². The molecule has 142 valence electrons. The van der Waals surface area contributed by atoms with Gasteiger partial charge < -0.3 is 4.74 Å². The predicted octanol–water partition coefficient (Wildman–Crippen LogP) is 4.99. The smallest absolute Gasteiger partial charge is 0.387 e. The van der Waals surface area contributed by atoms with Gasteiger partial charge in [0.25, 0.3) is 5.56 Å². The van der Waals surface area contributed by atoms with Gasteiger partial charge in [0.2, 0.25) is 0 Å². The topological polar surface area (TPSA) is 57.0 Å². The number of pyridine rings is 1. The molecule has 5 nitrogen and oxygen atoms in total. The van der Waals surface area contributed by atoms with Crippen LogP contribution in [0.25, 0.3) is 22.3 Å². The summed E-state index contributed by atoms with van der Waals surface area (Å²) in [6.07, 6.45) is 2.33. The minimum absolute atomic E-state index is 0.0298. The van der Waals surface area contributed by atoms with E-state index in [0.717, 1.165) is 6.42 Å². The van der Waals surface area contributed by atoms with E-state index in [9.17, 15) is 13.6 Å². The van der Waals surface area contributed by atoms with Crippen LogP contribution in [0.2, 0.25) is 5.02 Å². The minimum Gasteiger partial charge on any atom is -0.435 e. The highest BCUT2D eigenvalue weighted by Crippen LogP contribution is 2.34. The zero-order valence-corrected chi connectivity index (χ0v) is 15.8. The first kappa shape index (κ1) is 19.2. The number of aryl methyl sites for hydroxylation is 1. The number of alkyl halides is 2. The molecule has 0 aliphatic carbocycles. The second-order valence-electron chi connectivity index (χ2n) is 6.18. The van der Waals surface area contributed by atoms with E-state index in [1.807, 2.05) is 13.8 Å². The Morgan fingerprint density at radius 2 is 2.00 bits per heavy atom. The maximum Gasteiger partial charge on any atom is 0.387 e. The fourth-order valence-electron chi connectivity index (χ4n) is 2.91. The van der Waals surface area contributed by atoms with Gasteiger partial charge in [0, 0.05) is 23.4 Å². The highest BCUT2D eigenvalue weighted by atomic mass is 35.5. The zero-order chi connectivity index (χ0) is 19.7. The maximum atomic E-state index is 12.6. The van der Waals surface area contributed by atoms with Gasteiger partial charge in [-0.05, 0) is 44.5 Å². The number of hydrogen-bond acceptors (Lipinski definition) is 4. The van der Waals surface area contributed by atoms with Crippen LogP contribution in [0, 0.1) is 6.92 Å². The van der Waals surface area contributed by atoms with E-state index in [-0.39, 0.29) is 22.4 Å². The summed E-state index contributed by atoms with van der Waals surface area (Å²) in [5.41, 5.74) is 2.40. The average molecular weight is 394 g/mol. The van der Waals surface area contributed by atoms with Crippen LogP contribution in [-0.2, 0) is 0 Å². The Labute approximate surface area is 159 Å². The third-order valence-electron chi connectivity index (χ3n) is 4.43. The van der Waals surface area contributed by atoms with Crippen LogP contribution in [0.3, 0.4) is 0 Å². The molecule has 0 unspecified atom stereocenters. The number of aromatic nitrogens is 3. The Morgan fingerprint density at radius 1 is 1.26 bits per heavy atom. The Balaban J connectivity index is 2.25. The molecule has 0 fully saturated rings. The highest BCUT2D eigenvalue weighted by molar-refractivity contribution is 6.33. The normalized spacial score (nSPS) is 12.6. The van der Waals surface area contributed by atoms with Gasteiger partial charge in [0.05, 0.1) is 5.02 Å².